The van der Waals surface area contributed by atoms with Gasteiger partial charge in [0.2, 0.25) is 5.95 Å². The van der Waals surface area contributed by atoms with Crippen LogP contribution >= 0.6 is 0 Å². The summed E-state index contributed by atoms with van der Waals surface area (Å²) in [4.78, 5) is 22.6. The van der Waals surface area contributed by atoms with E-state index in [1.165, 1.54) is 0 Å². The number of aromatic nitrogens is 4. The number of nitrogens with zero attached hydrogens (tertiary/aromatic N) is 4. The summed E-state index contributed by atoms with van der Waals surface area (Å²) >= 11 is 0. The average molecular weight is 545 g/mol. The van der Waals surface area contributed by atoms with Crippen molar-refractivity contribution in [3.8, 4) is 22.9 Å². The Bertz CT molecular complexity index is 1680. The molecule has 0 saturated heterocycles. The van der Waals surface area contributed by atoms with E-state index in [-0.39, 0.29) is 5.91 Å². The van der Waals surface area contributed by atoms with E-state index < -0.39 is 6.04 Å². The fraction of sp³-hybridized carbons (Fsp3) is 0.125. The maximum atomic E-state index is 13.7. The molecule has 0 fully saturated rings. The Morgan fingerprint density at radius 2 is 1.71 bits per heavy atom. The first kappa shape index (κ1) is 25.8. The predicted molar refractivity (Wildman–Crippen MR) is 157 cm³/mol. The second kappa shape index (κ2) is 11.4. The number of fused-ring (bicyclic) bond motifs is 1. The molecule has 41 heavy (non-hydrogen) atoms. The summed E-state index contributed by atoms with van der Waals surface area (Å²) in [7, 11) is 1.63. The van der Waals surface area contributed by atoms with Gasteiger partial charge < -0.3 is 20.1 Å². The number of rotatable bonds is 8. The van der Waals surface area contributed by atoms with Gasteiger partial charge in [0.15, 0.2) is 5.82 Å². The number of nitrogens with one attached hydrogen (secondary N) is 2. The van der Waals surface area contributed by atoms with Crippen molar-refractivity contribution in [2.45, 2.75) is 19.6 Å². The third-order valence-electron chi connectivity index (χ3n) is 6.81. The van der Waals surface area contributed by atoms with E-state index >= 15 is 0 Å². The average Bonchev–Trinajstić information content (AvgIpc) is 3.44. The minimum atomic E-state index is -0.536. The quantitative estimate of drug-likeness (QED) is 0.252. The van der Waals surface area contributed by atoms with Gasteiger partial charge in [-0.05, 0) is 66.6 Å². The van der Waals surface area contributed by atoms with Gasteiger partial charge in [-0.2, -0.15) is 4.98 Å². The van der Waals surface area contributed by atoms with Crippen LogP contribution in [0.3, 0.4) is 0 Å². The lowest BCUT2D eigenvalue weighted by Gasteiger charge is -2.28. The Morgan fingerprint density at radius 1 is 0.951 bits per heavy atom. The van der Waals surface area contributed by atoms with E-state index in [0.717, 1.165) is 28.2 Å². The number of amides is 1. The van der Waals surface area contributed by atoms with E-state index in [9.17, 15) is 4.79 Å². The number of carbonyl (C=O) groups excluding carboxylic acids is 1. The van der Waals surface area contributed by atoms with Crippen molar-refractivity contribution in [1.29, 1.82) is 0 Å². The summed E-state index contributed by atoms with van der Waals surface area (Å²) in [6.45, 7) is 2.33. The molecule has 0 bridgehead atoms. The SMILES string of the molecule is COc1ccc(-c2nc3n(n2)C(c2ccc(OCc4ccccc4)cc2)C(C(=O)Nc2cccnc2)=C(C)N3)cc1. The van der Waals surface area contributed by atoms with Gasteiger partial charge in [0.25, 0.3) is 5.91 Å². The molecule has 1 atom stereocenters. The van der Waals surface area contributed by atoms with Crippen molar-refractivity contribution < 1.29 is 14.3 Å². The van der Waals surface area contributed by atoms with Crippen molar-refractivity contribution >= 4 is 17.5 Å². The predicted octanol–water partition coefficient (Wildman–Crippen LogP) is 5.86. The summed E-state index contributed by atoms with van der Waals surface area (Å²) < 4.78 is 13.1. The Balaban J connectivity index is 1.35. The van der Waals surface area contributed by atoms with Gasteiger partial charge in [-0.25, -0.2) is 4.68 Å². The van der Waals surface area contributed by atoms with E-state index in [1.54, 1.807) is 36.3 Å². The van der Waals surface area contributed by atoms with Crippen LogP contribution in [0.1, 0.15) is 24.1 Å². The maximum absolute atomic E-state index is 13.7. The number of hydrogen-bond acceptors (Lipinski definition) is 7. The lowest BCUT2D eigenvalue weighted by Crippen LogP contribution is -2.31. The van der Waals surface area contributed by atoms with Gasteiger partial charge in [0, 0.05) is 17.5 Å². The van der Waals surface area contributed by atoms with Crippen molar-refractivity contribution in [3.63, 3.8) is 0 Å². The molecule has 3 aromatic carbocycles. The van der Waals surface area contributed by atoms with Crippen LogP contribution in [0.4, 0.5) is 11.6 Å². The molecule has 0 radical (unpaired) electrons. The van der Waals surface area contributed by atoms with E-state index in [0.29, 0.717) is 35.3 Å². The van der Waals surface area contributed by atoms with Crippen LogP contribution in [-0.2, 0) is 11.4 Å². The number of pyridine rings is 1. The Morgan fingerprint density at radius 3 is 2.41 bits per heavy atom. The molecule has 204 valence electrons. The molecule has 2 aromatic heterocycles. The van der Waals surface area contributed by atoms with Crippen LogP contribution in [0.25, 0.3) is 11.4 Å². The second-order valence-electron chi connectivity index (χ2n) is 9.54. The van der Waals surface area contributed by atoms with Crippen molar-refractivity contribution in [2.75, 3.05) is 17.7 Å². The highest BCUT2D eigenvalue weighted by Crippen LogP contribution is 2.37. The summed E-state index contributed by atoms with van der Waals surface area (Å²) in [6, 6.07) is 28.3. The monoisotopic (exact) mass is 544 g/mol. The summed E-state index contributed by atoms with van der Waals surface area (Å²) in [5, 5.41) is 11.1. The molecule has 1 unspecified atom stereocenters. The fourth-order valence-corrected chi connectivity index (χ4v) is 4.74. The minimum Gasteiger partial charge on any atom is -0.497 e. The van der Waals surface area contributed by atoms with Crippen molar-refractivity contribution in [3.05, 3.63) is 126 Å². The first-order valence-corrected chi connectivity index (χ1v) is 13.2. The molecule has 2 N–H and O–H groups in total. The van der Waals surface area contributed by atoms with Crippen molar-refractivity contribution in [1.82, 2.24) is 19.7 Å². The molecule has 0 saturated carbocycles. The van der Waals surface area contributed by atoms with Crippen LogP contribution < -0.4 is 20.1 Å². The molecule has 1 amide bonds. The number of ether oxygens (including phenoxy) is 2. The third-order valence-corrected chi connectivity index (χ3v) is 6.81. The van der Waals surface area contributed by atoms with Crippen LogP contribution in [-0.4, -0.2) is 32.8 Å². The standard InChI is InChI=1S/C32H28N6O3/c1-21-28(31(39)35-25-9-6-18-33-19-25)29(23-10-16-27(17-11-23)41-20-22-7-4-3-5-8-22)38-32(34-21)36-30(37-38)24-12-14-26(40-2)15-13-24/h3-19,29H,20H2,1-2H3,(H,35,39)(H,34,36,37). The lowest BCUT2D eigenvalue weighted by molar-refractivity contribution is -0.113. The number of methoxy groups -OCH3 is 1. The molecular weight excluding hydrogens is 516 g/mol. The van der Waals surface area contributed by atoms with Crippen LogP contribution in [0, 0.1) is 0 Å². The topological polar surface area (TPSA) is 103 Å². The normalized spacial score (nSPS) is 14.1. The Hall–Kier alpha value is -5.44. The molecular formula is C32H28N6O3. The molecule has 0 spiro atoms. The smallest absolute Gasteiger partial charge is 0.255 e. The van der Waals surface area contributed by atoms with E-state index in [4.69, 9.17) is 19.6 Å². The van der Waals surface area contributed by atoms with Crippen molar-refractivity contribution in [2.24, 2.45) is 0 Å². The largest absolute Gasteiger partial charge is 0.497 e. The molecule has 9 nitrogen and oxygen atoms in total. The number of hydrogen-bond donors (Lipinski definition) is 2. The highest BCUT2D eigenvalue weighted by molar-refractivity contribution is 6.06. The first-order chi connectivity index (χ1) is 20.1. The van der Waals surface area contributed by atoms with Crippen LogP contribution in [0.15, 0.2) is 115 Å². The number of anilines is 2. The maximum Gasteiger partial charge on any atom is 0.255 e. The summed E-state index contributed by atoms with van der Waals surface area (Å²) in [5.41, 5.74) is 4.58. The van der Waals surface area contributed by atoms with Gasteiger partial charge in [-0.3, -0.25) is 9.78 Å². The van der Waals surface area contributed by atoms with Crippen LogP contribution in [0.5, 0.6) is 11.5 Å². The summed E-state index contributed by atoms with van der Waals surface area (Å²) in [6.07, 6.45) is 3.27. The summed E-state index contributed by atoms with van der Waals surface area (Å²) in [5.74, 6) is 2.29. The molecule has 1 aliphatic rings. The Kier molecular flexibility index (Phi) is 7.15. The third kappa shape index (κ3) is 5.51. The molecule has 5 aromatic rings. The fourth-order valence-electron chi connectivity index (χ4n) is 4.74. The zero-order valence-corrected chi connectivity index (χ0v) is 22.6. The minimum absolute atomic E-state index is 0.260. The highest BCUT2D eigenvalue weighted by atomic mass is 16.5. The van der Waals surface area contributed by atoms with Gasteiger partial charge in [-0.15, -0.1) is 5.10 Å². The van der Waals surface area contributed by atoms with Gasteiger partial charge in [0.1, 0.15) is 24.1 Å². The highest BCUT2D eigenvalue weighted by Gasteiger charge is 2.34. The molecule has 0 aliphatic carbocycles. The Labute approximate surface area is 237 Å². The molecule has 9 heteroatoms. The van der Waals surface area contributed by atoms with E-state index in [1.807, 2.05) is 85.8 Å². The number of benzene rings is 3. The molecule has 1 aliphatic heterocycles. The van der Waals surface area contributed by atoms with Gasteiger partial charge in [-0.1, -0.05) is 42.5 Å². The number of carbonyl (C=O) groups is 1. The molecule has 3 heterocycles. The first-order valence-electron chi connectivity index (χ1n) is 13.2. The van der Waals surface area contributed by atoms with E-state index in [2.05, 4.69) is 15.6 Å². The number of allylic oxidation sites excluding steroid dienone is 1. The van der Waals surface area contributed by atoms with Gasteiger partial charge >= 0.3 is 0 Å². The van der Waals surface area contributed by atoms with Crippen LogP contribution in [0.2, 0.25) is 0 Å². The lowest BCUT2D eigenvalue weighted by atomic mass is 9.95. The zero-order valence-electron chi connectivity index (χ0n) is 22.6. The second-order valence-corrected chi connectivity index (χ2v) is 9.54. The molecule has 6 rings (SSSR count). The zero-order chi connectivity index (χ0) is 28.2. The van der Waals surface area contributed by atoms with Gasteiger partial charge in [0.05, 0.1) is 24.6 Å².